The highest BCUT2D eigenvalue weighted by molar-refractivity contribution is 7.47. The Morgan fingerprint density at radius 3 is 1.37 bits per heavy atom. The summed E-state index contributed by atoms with van der Waals surface area (Å²) in [5.74, 6) is -0.331. The van der Waals surface area contributed by atoms with Gasteiger partial charge in [-0.1, -0.05) is 217 Å². The number of esters is 1. The predicted molar refractivity (Wildman–Crippen MR) is 266 cm³/mol. The highest BCUT2D eigenvalue weighted by atomic mass is 31.2. The number of phosphoric acid groups is 1. The Labute approximate surface area is 383 Å². The van der Waals surface area contributed by atoms with E-state index in [1.54, 1.807) is 0 Å². The number of hydrogen-bond acceptors (Lipinski definition) is 7. The van der Waals surface area contributed by atoms with Crippen LogP contribution in [0.4, 0.5) is 0 Å². The van der Waals surface area contributed by atoms with Crippen molar-refractivity contribution in [1.82, 2.24) is 0 Å². The lowest BCUT2D eigenvalue weighted by Gasteiger charge is -2.20. The summed E-state index contributed by atoms with van der Waals surface area (Å²) >= 11 is 0. The zero-order valence-electron chi connectivity index (χ0n) is 40.6. The maximum Gasteiger partial charge on any atom is 0.472 e. The maximum atomic E-state index is 12.7. The van der Waals surface area contributed by atoms with Gasteiger partial charge in [-0.05, 0) is 70.6 Å². The Bertz CT molecular complexity index is 1090. The van der Waals surface area contributed by atoms with Crippen LogP contribution in [0.2, 0.25) is 0 Å². The molecule has 2 unspecified atom stereocenters. The summed E-state index contributed by atoms with van der Waals surface area (Å²) in [6.45, 7) is 4.83. The molecule has 2 atom stereocenters. The second-order valence-electron chi connectivity index (χ2n) is 17.4. The van der Waals surface area contributed by atoms with Gasteiger partial charge in [-0.2, -0.15) is 0 Å². The molecule has 8 nitrogen and oxygen atoms in total. The zero-order valence-corrected chi connectivity index (χ0v) is 41.5. The average Bonchev–Trinajstić information content (AvgIpc) is 3.26. The molecule has 3 N–H and O–H groups in total. The van der Waals surface area contributed by atoms with Crippen LogP contribution in [0.5, 0.6) is 0 Å². The molecule has 0 aromatic heterocycles. The molecule has 0 heterocycles. The molecular weight excluding hydrogens is 794 g/mol. The van der Waals surface area contributed by atoms with Crippen LogP contribution in [-0.2, 0) is 27.9 Å². The molecule has 0 spiro atoms. The van der Waals surface area contributed by atoms with Gasteiger partial charge in [0, 0.05) is 19.6 Å². The van der Waals surface area contributed by atoms with E-state index in [0.717, 1.165) is 57.8 Å². The van der Waals surface area contributed by atoms with Gasteiger partial charge in [0.15, 0.2) is 0 Å². The first-order valence-corrected chi connectivity index (χ1v) is 27.6. The number of unbranched alkanes of at least 4 members (excludes halogenated alkanes) is 29. The fourth-order valence-corrected chi connectivity index (χ4v) is 8.19. The summed E-state index contributed by atoms with van der Waals surface area (Å²) in [5.41, 5.74) is 5.39. The standard InChI is InChI=1S/C53H100NO7P/c1-3-5-7-9-11-13-15-17-19-21-23-24-25-26-27-28-29-30-32-34-36-38-40-42-44-46-53(55)61-52(51-60-62(56,57)59-49-47-54)50-58-48-45-43-41-39-37-35-33-31-22-20-18-16-14-12-10-8-6-4-2/h6,8,12,14,18,20-21,23,52H,3-5,7,9-11,13,15-17,19,22,24-51,54H2,1-2H3,(H,56,57)/b8-6-,14-12-,20-18-,23-21-. The highest BCUT2D eigenvalue weighted by Crippen LogP contribution is 2.43. The van der Waals surface area contributed by atoms with Crippen LogP contribution in [0.25, 0.3) is 0 Å². The molecular formula is C53H100NO7P. The van der Waals surface area contributed by atoms with Gasteiger partial charge in [0.05, 0.1) is 19.8 Å². The van der Waals surface area contributed by atoms with Crippen LogP contribution in [0.3, 0.4) is 0 Å². The van der Waals surface area contributed by atoms with Crippen molar-refractivity contribution in [3.8, 4) is 0 Å². The van der Waals surface area contributed by atoms with Gasteiger partial charge >= 0.3 is 13.8 Å². The first kappa shape index (κ1) is 60.5. The van der Waals surface area contributed by atoms with Crippen molar-refractivity contribution in [3.05, 3.63) is 48.6 Å². The number of carbonyl (C=O) groups is 1. The van der Waals surface area contributed by atoms with E-state index in [-0.39, 0.29) is 32.3 Å². The lowest BCUT2D eigenvalue weighted by Crippen LogP contribution is -2.28. The van der Waals surface area contributed by atoms with E-state index in [0.29, 0.717) is 13.0 Å². The van der Waals surface area contributed by atoms with E-state index in [1.165, 1.54) is 167 Å². The van der Waals surface area contributed by atoms with Crippen LogP contribution in [0, 0.1) is 0 Å². The maximum absolute atomic E-state index is 12.7. The summed E-state index contributed by atoms with van der Waals surface area (Å²) in [6, 6.07) is 0. The summed E-state index contributed by atoms with van der Waals surface area (Å²) < 4.78 is 33.6. The smallest absolute Gasteiger partial charge is 0.457 e. The molecule has 0 aliphatic carbocycles. The summed E-state index contributed by atoms with van der Waals surface area (Å²) in [5, 5.41) is 0. The molecule has 0 rings (SSSR count). The SMILES string of the molecule is CC/C=C\C/C=C\C/C=C\CCCCCCCCCCOCC(COP(=O)(O)OCCN)OC(=O)CCCCCCCCCCCCCCC/C=C\CCCCCCCCCC. The number of ether oxygens (including phenoxy) is 2. The number of phosphoric ester groups is 1. The fraction of sp³-hybridized carbons (Fsp3) is 0.830. The summed E-state index contributed by atoms with van der Waals surface area (Å²) in [6.07, 6.45) is 61.5. The van der Waals surface area contributed by atoms with Gasteiger partial charge in [-0.25, -0.2) is 4.57 Å². The Balaban J connectivity index is 3.90. The van der Waals surface area contributed by atoms with E-state index < -0.39 is 13.9 Å². The van der Waals surface area contributed by atoms with Crippen molar-refractivity contribution in [1.29, 1.82) is 0 Å². The monoisotopic (exact) mass is 894 g/mol. The van der Waals surface area contributed by atoms with Gasteiger partial charge in [-0.15, -0.1) is 0 Å². The van der Waals surface area contributed by atoms with Crippen LogP contribution < -0.4 is 5.73 Å². The molecule has 9 heteroatoms. The highest BCUT2D eigenvalue weighted by Gasteiger charge is 2.25. The Kier molecular flexibility index (Phi) is 49.2. The van der Waals surface area contributed by atoms with Gasteiger partial charge < -0.3 is 20.1 Å². The van der Waals surface area contributed by atoms with E-state index in [9.17, 15) is 14.3 Å². The van der Waals surface area contributed by atoms with Crippen molar-refractivity contribution in [2.45, 2.75) is 251 Å². The minimum Gasteiger partial charge on any atom is -0.457 e. The normalized spacial score (nSPS) is 13.7. The van der Waals surface area contributed by atoms with E-state index >= 15 is 0 Å². The first-order valence-electron chi connectivity index (χ1n) is 26.1. The number of allylic oxidation sites excluding steroid dienone is 8. The van der Waals surface area contributed by atoms with Gasteiger partial charge in [0.25, 0.3) is 0 Å². The molecule has 0 aliphatic rings. The molecule has 364 valence electrons. The third-order valence-electron chi connectivity index (χ3n) is 11.2. The van der Waals surface area contributed by atoms with Crippen molar-refractivity contribution in [3.63, 3.8) is 0 Å². The van der Waals surface area contributed by atoms with Crippen LogP contribution in [-0.4, -0.2) is 49.9 Å². The Morgan fingerprint density at radius 1 is 0.500 bits per heavy atom. The molecule has 0 saturated heterocycles. The lowest BCUT2D eigenvalue weighted by molar-refractivity contribution is -0.154. The Hall–Kier alpha value is -1.54. The zero-order chi connectivity index (χ0) is 45.1. The number of nitrogens with two attached hydrogens (primary N) is 1. The minimum absolute atomic E-state index is 0.0974. The van der Waals surface area contributed by atoms with E-state index in [1.807, 2.05) is 0 Å². The van der Waals surface area contributed by atoms with Crippen LogP contribution in [0.15, 0.2) is 48.6 Å². The van der Waals surface area contributed by atoms with Crippen molar-refractivity contribution in [2.75, 3.05) is 33.0 Å². The van der Waals surface area contributed by atoms with Crippen LogP contribution >= 0.6 is 7.82 Å². The van der Waals surface area contributed by atoms with E-state index in [4.69, 9.17) is 24.3 Å². The molecule has 0 saturated carbocycles. The topological polar surface area (TPSA) is 117 Å². The Morgan fingerprint density at radius 2 is 0.903 bits per heavy atom. The number of carbonyl (C=O) groups excluding carboxylic acids is 1. The quantitative estimate of drug-likeness (QED) is 0.0268. The van der Waals surface area contributed by atoms with Gasteiger partial charge in [-0.3, -0.25) is 13.8 Å². The summed E-state index contributed by atoms with van der Waals surface area (Å²) in [7, 11) is -4.29. The lowest BCUT2D eigenvalue weighted by atomic mass is 10.0. The molecule has 0 amide bonds. The molecule has 62 heavy (non-hydrogen) atoms. The van der Waals surface area contributed by atoms with Crippen molar-refractivity contribution >= 4 is 13.8 Å². The second kappa shape index (κ2) is 50.5. The van der Waals surface area contributed by atoms with Gasteiger partial charge in [0.1, 0.15) is 6.10 Å². The summed E-state index contributed by atoms with van der Waals surface area (Å²) in [4.78, 5) is 22.6. The van der Waals surface area contributed by atoms with Gasteiger partial charge in [0.2, 0.25) is 0 Å². The molecule has 0 radical (unpaired) electrons. The molecule has 0 bridgehead atoms. The fourth-order valence-electron chi connectivity index (χ4n) is 7.42. The van der Waals surface area contributed by atoms with Crippen molar-refractivity contribution < 1.29 is 32.8 Å². The molecule has 0 aromatic rings. The van der Waals surface area contributed by atoms with E-state index in [2.05, 4.69) is 62.5 Å². The average molecular weight is 894 g/mol. The predicted octanol–water partition coefficient (Wildman–Crippen LogP) is 16.3. The molecule has 0 fully saturated rings. The van der Waals surface area contributed by atoms with Crippen LogP contribution in [0.1, 0.15) is 245 Å². The minimum atomic E-state index is -4.29. The second-order valence-corrected chi connectivity index (χ2v) is 18.8. The third kappa shape index (κ3) is 49.5. The third-order valence-corrected chi connectivity index (χ3v) is 12.2. The number of hydrogen-bond donors (Lipinski definition) is 2. The van der Waals surface area contributed by atoms with Crippen molar-refractivity contribution in [2.24, 2.45) is 5.73 Å². The first-order chi connectivity index (χ1) is 30.4. The molecule has 0 aliphatic heterocycles. The number of rotatable bonds is 50. The molecule has 0 aromatic carbocycles. The largest absolute Gasteiger partial charge is 0.472 e.